The van der Waals surface area contributed by atoms with Crippen molar-refractivity contribution < 1.29 is 9.90 Å². The van der Waals surface area contributed by atoms with Gasteiger partial charge >= 0.3 is 5.97 Å². The monoisotopic (exact) mass is 186 g/mol. The van der Waals surface area contributed by atoms with Gasteiger partial charge in [0.15, 0.2) is 0 Å². The van der Waals surface area contributed by atoms with Crippen molar-refractivity contribution >= 4 is 5.97 Å². The summed E-state index contributed by atoms with van der Waals surface area (Å²) >= 11 is 0. The summed E-state index contributed by atoms with van der Waals surface area (Å²) in [5.74, 6) is -0.0895. The maximum Gasteiger partial charge on any atom is 0.303 e. The van der Waals surface area contributed by atoms with Crippen molar-refractivity contribution in [3.05, 3.63) is 0 Å². The van der Waals surface area contributed by atoms with E-state index in [1.807, 2.05) is 0 Å². The number of carboxylic acid groups (broad SMARTS) is 1. The fourth-order valence-corrected chi connectivity index (χ4v) is 1.43. The molecule has 0 saturated heterocycles. The minimum atomic E-state index is -0.666. The Bertz CT molecular complexity index is 132. The van der Waals surface area contributed by atoms with E-state index >= 15 is 0 Å². The first-order chi connectivity index (χ1) is 6.16. The Morgan fingerprint density at radius 3 is 2.46 bits per heavy atom. The predicted octanol–water partition coefficient (Wildman–Crippen LogP) is 3.46. The summed E-state index contributed by atoms with van der Waals surface area (Å²) in [4.78, 5) is 10.3. The highest BCUT2D eigenvalue weighted by Gasteiger charge is 2.04. The molecule has 0 heterocycles. The first-order valence-electron chi connectivity index (χ1n) is 5.38. The minimum absolute atomic E-state index is 0.328. The van der Waals surface area contributed by atoms with Gasteiger partial charge in [-0.15, -0.1) is 0 Å². The van der Waals surface area contributed by atoms with Gasteiger partial charge in [0, 0.05) is 6.42 Å². The smallest absolute Gasteiger partial charge is 0.303 e. The molecule has 0 aliphatic rings. The van der Waals surface area contributed by atoms with Gasteiger partial charge < -0.3 is 5.11 Å². The average molecular weight is 186 g/mol. The van der Waals surface area contributed by atoms with E-state index in [1.165, 1.54) is 32.1 Å². The molecule has 13 heavy (non-hydrogen) atoms. The number of rotatable bonds is 8. The highest BCUT2D eigenvalue weighted by Crippen LogP contribution is 2.15. The molecule has 0 aliphatic carbocycles. The lowest BCUT2D eigenvalue weighted by Gasteiger charge is -2.08. The maximum atomic E-state index is 10.3. The SMILES string of the molecule is CCCCCC[C@@H](C)CCC(=O)O. The molecule has 0 aliphatic heterocycles. The van der Waals surface area contributed by atoms with Crippen molar-refractivity contribution in [2.75, 3.05) is 0 Å². The van der Waals surface area contributed by atoms with Crippen molar-refractivity contribution in [3.8, 4) is 0 Å². The Labute approximate surface area is 81.3 Å². The molecule has 2 nitrogen and oxygen atoms in total. The molecule has 0 bridgehead atoms. The molecule has 0 saturated carbocycles. The van der Waals surface area contributed by atoms with Crippen molar-refractivity contribution in [1.82, 2.24) is 0 Å². The van der Waals surface area contributed by atoms with Crippen LogP contribution < -0.4 is 0 Å². The van der Waals surface area contributed by atoms with Gasteiger partial charge in [0.05, 0.1) is 0 Å². The van der Waals surface area contributed by atoms with Crippen LogP contribution in [-0.2, 0) is 4.79 Å². The molecule has 0 unspecified atom stereocenters. The lowest BCUT2D eigenvalue weighted by molar-refractivity contribution is -0.137. The Hall–Kier alpha value is -0.530. The summed E-state index contributed by atoms with van der Waals surface area (Å²) in [5, 5.41) is 8.47. The first-order valence-corrected chi connectivity index (χ1v) is 5.38. The standard InChI is InChI=1S/C11H22O2/c1-3-4-5-6-7-10(2)8-9-11(12)13/h10H,3-9H2,1-2H3,(H,12,13)/t10-/m1/s1. The van der Waals surface area contributed by atoms with E-state index < -0.39 is 5.97 Å². The van der Waals surface area contributed by atoms with Crippen LogP contribution in [0.15, 0.2) is 0 Å². The molecule has 2 heteroatoms. The van der Waals surface area contributed by atoms with E-state index in [2.05, 4.69) is 13.8 Å². The van der Waals surface area contributed by atoms with Gasteiger partial charge in [-0.25, -0.2) is 0 Å². The van der Waals surface area contributed by atoms with E-state index in [-0.39, 0.29) is 0 Å². The summed E-state index contributed by atoms with van der Waals surface area (Å²) in [6.45, 7) is 4.35. The largest absolute Gasteiger partial charge is 0.481 e. The zero-order chi connectivity index (χ0) is 10.1. The van der Waals surface area contributed by atoms with Crippen molar-refractivity contribution in [2.45, 2.75) is 58.8 Å². The first kappa shape index (κ1) is 12.5. The third kappa shape index (κ3) is 9.38. The highest BCUT2D eigenvalue weighted by molar-refractivity contribution is 5.66. The lowest BCUT2D eigenvalue weighted by atomic mass is 9.98. The number of carbonyl (C=O) groups is 1. The van der Waals surface area contributed by atoms with Gasteiger partial charge in [0.1, 0.15) is 0 Å². The van der Waals surface area contributed by atoms with E-state index in [0.717, 1.165) is 6.42 Å². The molecule has 1 atom stereocenters. The molecule has 78 valence electrons. The van der Waals surface area contributed by atoms with Gasteiger partial charge in [-0.2, -0.15) is 0 Å². The molecule has 0 fully saturated rings. The van der Waals surface area contributed by atoms with Crippen LogP contribution in [0.3, 0.4) is 0 Å². The second-order valence-electron chi connectivity index (χ2n) is 3.89. The number of hydrogen-bond acceptors (Lipinski definition) is 1. The van der Waals surface area contributed by atoms with E-state index in [1.54, 1.807) is 0 Å². The van der Waals surface area contributed by atoms with Crippen LogP contribution in [0, 0.1) is 5.92 Å². The topological polar surface area (TPSA) is 37.3 Å². The molecular weight excluding hydrogens is 164 g/mol. The van der Waals surface area contributed by atoms with Crippen LogP contribution in [0.5, 0.6) is 0 Å². The molecule has 0 amide bonds. The van der Waals surface area contributed by atoms with Crippen molar-refractivity contribution in [2.24, 2.45) is 5.92 Å². The molecule has 0 aromatic carbocycles. The van der Waals surface area contributed by atoms with Crippen molar-refractivity contribution in [3.63, 3.8) is 0 Å². The van der Waals surface area contributed by atoms with Gasteiger partial charge in [-0.05, 0) is 12.3 Å². The predicted molar refractivity (Wildman–Crippen MR) is 54.8 cm³/mol. The van der Waals surface area contributed by atoms with Crippen LogP contribution in [0.1, 0.15) is 58.8 Å². The highest BCUT2D eigenvalue weighted by atomic mass is 16.4. The summed E-state index contributed by atoms with van der Waals surface area (Å²) < 4.78 is 0. The van der Waals surface area contributed by atoms with Crippen molar-refractivity contribution in [1.29, 1.82) is 0 Å². The zero-order valence-electron chi connectivity index (χ0n) is 8.88. The Balaban J connectivity index is 3.19. The second-order valence-corrected chi connectivity index (χ2v) is 3.89. The number of hydrogen-bond donors (Lipinski definition) is 1. The summed E-state index contributed by atoms with van der Waals surface area (Å²) in [6, 6.07) is 0. The summed E-state index contributed by atoms with van der Waals surface area (Å²) in [7, 11) is 0. The molecule has 0 aromatic rings. The molecule has 0 radical (unpaired) electrons. The zero-order valence-corrected chi connectivity index (χ0v) is 8.88. The van der Waals surface area contributed by atoms with E-state index in [4.69, 9.17) is 5.11 Å². The molecule has 1 N–H and O–H groups in total. The van der Waals surface area contributed by atoms with Crippen LogP contribution in [0.2, 0.25) is 0 Å². The van der Waals surface area contributed by atoms with E-state index in [0.29, 0.717) is 12.3 Å². The Morgan fingerprint density at radius 2 is 1.92 bits per heavy atom. The Kier molecular flexibility index (Phi) is 7.76. The average Bonchev–Trinajstić information content (AvgIpc) is 2.09. The fraction of sp³-hybridized carbons (Fsp3) is 0.909. The van der Waals surface area contributed by atoms with Crippen LogP contribution in [0.4, 0.5) is 0 Å². The quantitative estimate of drug-likeness (QED) is 0.589. The third-order valence-electron chi connectivity index (χ3n) is 2.40. The van der Waals surface area contributed by atoms with E-state index in [9.17, 15) is 4.79 Å². The minimum Gasteiger partial charge on any atom is -0.481 e. The fourth-order valence-electron chi connectivity index (χ4n) is 1.43. The Morgan fingerprint density at radius 1 is 1.23 bits per heavy atom. The normalized spacial score (nSPS) is 12.8. The number of aliphatic carboxylic acids is 1. The molecular formula is C11H22O2. The van der Waals surface area contributed by atoms with Crippen LogP contribution in [0.25, 0.3) is 0 Å². The van der Waals surface area contributed by atoms with Crippen LogP contribution in [-0.4, -0.2) is 11.1 Å². The number of carboxylic acids is 1. The van der Waals surface area contributed by atoms with Gasteiger partial charge in [0.2, 0.25) is 0 Å². The van der Waals surface area contributed by atoms with Gasteiger partial charge in [-0.1, -0.05) is 46.0 Å². The van der Waals surface area contributed by atoms with Crippen LogP contribution >= 0.6 is 0 Å². The van der Waals surface area contributed by atoms with Gasteiger partial charge in [-0.3, -0.25) is 4.79 Å². The lowest BCUT2D eigenvalue weighted by Crippen LogP contribution is -2.00. The molecule has 0 aromatic heterocycles. The van der Waals surface area contributed by atoms with Gasteiger partial charge in [0.25, 0.3) is 0 Å². The second kappa shape index (κ2) is 8.09. The summed E-state index contributed by atoms with van der Waals surface area (Å²) in [6.07, 6.45) is 7.49. The number of unbranched alkanes of at least 4 members (excludes halogenated alkanes) is 3. The molecule has 0 spiro atoms. The maximum absolute atomic E-state index is 10.3. The third-order valence-corrected chi connectivity index (χ3v) is 2.40. The summed E-state index contributed by atoms with van der Waals surface area (Å²) in [5.41, 5.74) is 0. The molecule has 0 rings (SSSR count).